The van der Waals surface area contributed by atoms with Gasteiger partial charge in [-0.15, -0.1) is 0 Å². The van der Waals surface area contributed by atoms with Gasteiger partial charge in [0.05, 0.1) is 6.42 Å². The molecule has 0 amide bonds. The minimum absolute atomic E-state index is 0.0266. The number of carbonyl (C=O) groups excluding carboxylic acids is 2. The van der Waals surface area contributed by atoms with Gasteiger partial charge in [0.2, 0.25) is 0 Å². The lowest BCUT2D eigenvalue weighted by molar-refractivity contribution is -0.131. The number of ketones is 2. The van der Waals surface area contributed by atoms with Crippen LogP contribution in [0.2, 0.25) is 0 Å². The molecule has 0 aromatic heterocycles. The number of nitrogens with two attached hydrogens (primary N) is 1. The fourth-order valence-corrected chi connectivity index (χ4v) is 1.31. The largest absolute Gasteiger partial charge is 0.325 e. The molecule has 1 rings (SSSR count). The average molecular weight is 141 g/mol. The predicted molar refractivity (Wildman–Crippen MR) is 36.5 cm³/mol. The van der Waals surface area contributed by atoms with E-state index in [1.165, 1.54) is 0 Å². The number of Topliss-reactive ketones (excluding diaryl/α,β-unsaturated/α-hetero) is 2. The minimum Gasteiger partial charge on any atom is -0.325 e. The van der Waals surface area contributed by atoms with Crippen LogP contribution in [0.3, 0.4) is 0 Å². The fourth-order valence-electron chi connectivity index (χ4n) is 1.31. The molecule has 1 saturated carbocycles. The van der Waals surface area contributed by atoms with E-state index < -0.39 is 5.54 Å². The van der Waals surface area contributed by atoms with Crippen LogP contribution in [0.5, 0.6) is 0 Å². The van der Waals surface area contributed by atoms with Gasteiger partial charge in [-0.1, -0.05) is 0 Å². The van der Waals surface area contributed by atoms with Gasteiger partial charge in [0.25, 0.3) is 0 Å². The summed E-state index contributed by atoms with van der Waals surface area (Å²) in [6, 6.07) is 0. The van der Waals surface area contributed by atoms with E-state index in [1.807, 2.05) is 0 Å². The molecule has 0 spiro atoms. The Bertz CT molecular complexity index is 166. The predicted octanol–water partition coefficient (Wildman–Crippen LogP) is 0.0259. The Kier molecular flexibility index (Phi) is 1.60. The van der Waals surface area contributed by atoms with Gasteiger partial charge in [-0.25, -0.2) is 0 Å². The topological polar surface area (TPSA) is 60.2 Å². The van der Waals surface area contributed by atoms with E-state index in [0.717, 1.165) is 0 Å². The number of hydrogen-bond donors (Lipinski definition) is 1. The highest BCUT2D eigenvalue weighted by molar-refractivity contribution is 6.02. The van der Waals surface area contributed by atoms with Crippen molar-refractivity contribution in [1.29, 1.82) is 0 Å². The Hall–Kier alpha value is -0.700. The molecule has 1 aliphatic carbocycles. The Morgan fingerprint density at radius 1 is 1.30 bits per heavy atom. The van der Waals surface area contributed by atoms with E-state index in [-0.39, 0.29) is 18.0 Å². The Labute approximate surface area is 59.6 Å². The second kappa shape index (κ2) is 2.16. The zero-order chi connectivity index (χ0) is 7.78. The van der Waals surface area contributed by atoms with Crippen molar-refractivity contribution in [3.8, 4) is 0 Å². The monoisotopic (exact) mass is 141 g/mol. The van der Waals surface area contributed by atoms with Gasteiger partial charge in [-0.05, 0) is 6.92 Å². The highest BCUT2D eigenvalue weighted by Gasteiger charge is 2.31. The van der Waals surface area contributed by atoms with Gasteiger partial charge in [0.15, 0.2) is 0 Å². The van der Waals surface area contributed by atoms with Gasteiger partial charge in [0, 0.05) is 18.4 Å². The first-order valence-electron chi connectivity index (χ1n) is 3.32. The quantitative estimate of drug-likeness (QED) is 0.484. The van der Waals surface area contributed by atoms with Crippen LogP contribution in [-0.2, 0) is 9.59 Å². The first-order valence-corrected chi connectivity index (χ1v) is 3.32. The van der Waals surface area contributed by atoms with Gasteiger partial charge in [0.1, 0.15) is 11.6 Å². The Balaban J connectivity index is 2.68. The summed E-state index contributed by atoms with van der Waals surface area (Å²) >= 11 is 0. The third-order valence-corrected chi connectivity index (χ3v) is 1.60. The van der Waals surface area contributed by atoms with Crippen molar-refractivity contribution in [2.24, 2.45) is 5.73 Å². The molecule has 0 aromatic carbocycles. The number of carbonyl (C=O) groups is 2. The molecule has 0 unspecified atom stereocenters. The zero-order valence-corrected chi connectivity index (χ0v) is 6.02. The van der Waals surface area contributed by atoms with E-state index in [0.29, 0.717) is 12.8 Å². The lowest BCUT2D eigenvalue weighted by Gasteiger charge is -2.26. The molecule has 0 heterocycles. The molecule has 3 heteroatoms. The molecule has 0 aromatic rings. The summed E-state index contributed by atoms with van der Waals surface area (Å²) in [5.41, 5.74) is 5.04. The standard InChI is InChI=1S/C7H11NO2/c1-7(8)3-5(9)2-6(10)4-7/h2-4,8H2,1H3. The van der Waals surface area contributed by atoms with Crippen molar-refractivity contribution in [3.05, 3.63) is 0 Å². The molecule has 1 aliphatic rings. The van der Waals surface area contributed by atoms with E-state index in [2.05, 4.69) is 0 Å². The van der Waals surface area contributed by atoms with Crippen LogP contribution >= 0.6 is 0 Å². The third-order valence-electron chi connectivity index (χ3n) is 1.60. The maximum absolute atomic E-state index is 10.8. The first-order chi connectivity index (χ1) is 4.49. The maximum Gasteiger partial charge on any atom is 0.142 e. The molecule has 0 bridgehead atoms. The van der Waals surface area contributed by atoms with Crippen LogP contribution in [0.15, 0.2) is 0 Å². The SMILES string of the molecule is CC1(N)CC(=O)CC(=O)C1. The van der Waals surface area contributed by atoms with E-state index >= 15 is 0 Å². The molecule has 0 radical (unpaired) electrons. The number of rotatable bonds is 0. The van der Waals surface area contributed by atoms with Crippen LogP contribution < -0.4 is 5.73 Å². The van der Waals surface area contributed by atoms with Crippen LogP contribution in [0.4, 0.5) is 0 Å². The summed E-state index contributed by atoms with van der Waals surface area (Å²) in [5.74, 6) is -0.0532. The molecule has 0 atom stereocenters. The average Bonchev–Trinajstić information content (AvgIpc) is 1.54. The highest BCUT2D eigenvalue weighted by Crippen LogP contribution is 2.19. The van der Waals surface area contributed by atoms with Gasteiger partial charge < -0.3 is 5.73 Å². The lowest BCUT2D eigenvalue weighted by atomic mass is 9.83. The summed E-state index contributed by atoms with van der Waals surface area (Å²) in [7, 11) is 0. The highest BCUT2D eigenvalue weighted by atomic mass is 16.1. The molecule has 56 valence electrons. The van der Waals surface area contributed by atoms with Crippen LogP contribution in [-0.4, -0.2) is 17.1 Å². The van der Waals surface area contributed by atoms with E-state index in [4.69, 9.17) is 5.73 Å². The Morgan fingerprint density at radius 3 is 2.00 bits per heavy atom. The van der Waals surface area contributed by atoms with E-state index in [1.54, 1.807) is 6.92 Å². The summed E-state index contributed by atoms with van der Waals surface area (Å²) in [6.07, 6.45) is 0.782. The van der Waals surface area contributed by atoms with Crippen LogP contribution in [0, 0.1) is 0 Å². The Morgan fingerprint density at radius 2 is 1.70 bits per heavy atom. The van der Waals surface area contributed by atoms with Crippen LogP contribution in [0.1, 0.15) is 26.2 Å². The summed E-state index contributed by atoms with van der Waals surface area (Å²) in [4.78, 5) is 21.6. The van der Waals surface area contributed by atoms with Crippen LogP contribution in [0.25, 0.3) is 0 Å². The van der Waals surface area contributed by atoms with Crippen molar-refractivity contribution < 1.29 is 9.59 Å². The van der Waals surface area contributed by atoms with E-state index in [9.17, 15) is 9.59 Å². The number of hydrogen-bond acceptors (Lipinski definition) is 3. The molecule has 1 fully saturated rings. The molecule has 0 saturated heterocycles. The molecule has 0 aliphatic heterocycles. The zero-order valence-electron chi connectivity index (χ0n) is 6.02. The lowest BCUT2D eigenvalue weighted by Crippen LogP contribution is -2.44. The van der Waals surface area contributed by atoms with Crippen molar-refractivity contribution in [3.63, 3.8) is 0 Å². The van der Waals surface area contributed by atoms with Crippen molar-refractivity contribution in [1.82, 2.24) is 0 Å². The summed E-state index contributed by atoms with van der Waals surface area (Å²) in [6.45, 7) is 1.74. The van der Waals surface area contributed by atoms with Gasteiger partial charge >= 0.3 is 0 Å². The third kappa shape index (κ3) is 1.64. The normalized spacial score (nSPS) is 25.0. The molecular weight excluding hydrogens is 130 g/mol. The molecule has 3 nitrogen and oxygen atoms in total. The summed E-state index contributed by atoms with van der Waals surface area (Å²) in [5, 5.41) is 0. The first kappa shape index (κ1) is 7.41. The smallest absolute Gasteiger partial charge is 0.142 e. The fraction of sp³-hybridized carbons (Fsp3) is 0.714. The van der Waals surface area contributed by atoms with Gasteiger partial charge in [-0.3, -0.25) is 9.59 Å². The summed E-state index contributed by atoms with van der Waals surface area (Å²) < 4.78 is 0. The van der Waals surface area contributed by atoms with Crippen molar-refractivity contribution in [2.75, 3.05) is 0 Å². The molecule has 2 N–H and O–H groups in total. The van der Waals surface area contributed by atoms with Crippen molar-refractivity contribution in [2.45, 2.75) is 31.7 Å². The molecule has 10 heavy (non-hydrogen) atoms. The second-order valence-electron chi connectivity index (χ2n) is 3.26. The second-order valence-corrected chi connectivity index (χ2v) is 3.26. The maximum atomic E-state index is 10.8. The van der Waals surface area contributed by atoms with Gasteiger partial charge in [-0.2, -0.15) is 0 Å². The molecular formula is C7H11NO2. The minimum atomic E-state index is -0.577. The van der Waals surface area contributed by atoms with Crippen molar-refractivity contribution >= 4 is 11.6 Å².